The van der Waals surface area contributed by atoms with Gasteiger partial charge < -0.3 is 14.4 Å². The Balaban J connectivity index is 2.42. The van der Waals surface area contributed by atoms with E-state index in [0.717, 1.165) is 11.5 Å². The highest BCUT2D eigenvalue weighted by atomic mass is 16.5. The van der Waals surface area contributed by atoms with E-state index < -0.39 is 5.97 Å². The summed E-state index contributed by atoms with van der Waals surface area (Å²) in [4.78, 5) is 27.1. The number of carbonyl (C=O) groups is 2. The first-order valence-corrected chi connectivity index (χ1v) is 6.36. The lowest BCUT2D eigenvalue weighted by Crippen LogP contribution is -2.29. The number of nitrogens with zero attached hydrogens (tertiary/aromatic N) is 2. The molecule has 1 aromatic heterocycles. The van der Waals surface area contributed by atoms with Crippen molar-refractivity contribution >= 4 is 11.9 Å². The number of fused-ring (bicyclic) bond motifs is 1. The van der Waals surface area contributed by atoms with Crippen molar-refractivity contribution in [1.82, 2.24) is 9.55 Å². The maximum atomic E-state index is 11.6. The van der Waals surface area contributed by atoms with Crippen LogP contribution >= 0.6 is 0 Å². The van der Waals surface area contributed by atoms with Crippen molar-refractivity contribution in [1.29, 1.82) is 0 Å². The fourth-order valence-corrected chi connectivity index (χ4v) is 2.56. The Bertz CT molecular complexity index is 519. The third kappa shape index (κ3) is 2.34. The van der Waals surface area contributed by atoms with Crippen LogP contribution in [0.4, 0.5) is 0 Å². The molecule has 0 bridgehead atoms. The zero-order valence-corrected chi connectivity index (χ0v) is 11.3. The molecule has 1 N–H and O–H groups in total. The number of carboxylic acids is 1. The number of methoxy groups -OCH3 is 1. The van der Waals surface area contributed by atoms with E-state index in [1.54, 1.807) is 0 Å². The molecular formula is C13H18N2O4. The van der Waals surface area contributed by atoms with Gasteiger partial charge in [0.25, 0.3) is 0 Å². The molecule has 19 heavy (non-hydrogen) atoms. The summed E-state index contributed by atoms with van der Waals surface area (Å²) < 4.78 is 6.64. The Hall–Kier alpha value is -1.85. The lowest BCUT2D eigenvalue weighted by atomic mass is 9.97. The van der Waals surface area contributed by atoms with E-state index in [2.05, 4.69) is 4.98 Å². The highest BCUT2D eigenvalue weighted by Crippen LogP contribution is 2.28. The summed E-state index contributed by atoms with van der Waals surface area (Å²) >= 11 is 0. The summed E-state index contributed by atoms with van der Waals surface area (Å²) in [6.07, 6.45) is 1.15. The molecule has 0 aromatic carbocycles. The smallest absolute Gasteiger partial charge is 0.356 e. The molecule has 0 saturated heterocycles. The van der Waals surface area contributed by atoms with Crippen LogP contribution in [-0.4, -0.2) is 33.7 Å². The molecule has 1 aliphatic rings. The molecule has 0 amide bonds. The van der Waals surface area contributed by atoms with Crippen LogP contribution in [0.2, 0.25) is 0 Å². The lowest BCUT2D eigenvalue weighted by molar-refractivity contribution is -0.146. The van der Waals surface area contributed by atoms with Gasteiger partial charge in [0.15, 0.2) is 5.69 Å². The number of rotatable bonds is 3. The minimum Gasteiger partial charge on any atom is -0.476 e. The molecule has 6 nitrogen and oxygen atoms in total. The van der Waals surface area contributed by atoms with Crippen molar-refractivity contribution in [2.75, 3.05) is 7.11 Å². The number of esters is 1. The molecule has 0 spiro atoms. The molecular weight excluding hydrogens is 248 g/mol. The van der Waals surface area contributed by atoms with Gasteiger partial charge in [-0.3, -0.25) is 4.79 Å². The van der Waals surface area contributed by atoms with Gasteiger partial charge in [-0.15, -0.1) is 0 Å². The molecule has 0 aliphatic carbocycles. The van der Waals surface area contributed by atoms with Gasteiger partial charge >= 0.3 is 11.9 Å². The van der Waals surface area contributed by atoms with Crippen LogP contribution in [0.5, 0.6) is 0 Å². The van der Waals surface area contributed by atoms with Gasteiger partial charge in [-0.05, 0) is 12.8 Å². The van der Waals surface area contributed by atoms with Crippen molar-refractivity contribution in [3.63, 3.8) is 0 Å². The Morgan fingerprint density at radius 2 is 2.16 bits per heavy atom. The predicted octanol–water partition coefficient (Wildman–Crippen LogP) is 1.44. The third-order valence-corrected chi connectivity index (χ3v) is 3.49. The minimum atomic E-state index is -1.01. The summed E-state index contributed by atoms with van der Waals surface area (Å²) in [6, 6.07) is 0. The van der Waals surface area contributed by atoms with Crippen LogP contribution in [0.15, 0.2) is 0 Å². The zero-order valence-electron chi connectivity index (χ0n) is 11.3. The first-order chi connectivity index (χ1) is 8.95. The van der Waals surface area contributed by atoms with Crippen LogP contribution in [0, 0.1) is 5.92 Å². The van der Waals surface area contributed by atoms with E-state index in [0.29, 0.717) is 19.4 Å². The molecule has 0 saturated carbocycles. The van der Waals surface area contributed by atoms with Crippen LogP contribution in [0.3, 0.4) is 0 Å². The first kappa shape index (κ1) is 13.6. The number of imidazole rings is 1. The number of carbonyl (C=O) groups excluding carboxylic acids is 1. The summed E-state index contributed by atoms with van der Waals surface area (Å²) in [5.74, 6) is -0.631. The van der Waals surface area contributed by atoms with E-state index in [-0.39, 0.29) is 23.5 Å². The Kier molecular flexibility index (Phi) is 3.59. The van der Waals surface area contributed by atoms with Gasteiger partial charge in [0.05, 0.1) is 18.7 Å². The average molecular weight is 266 g/mol. The molecule has 6 heteroatoms. The molecule has 0 radical (unpaired) electrons. The highest BCUT2D eigenvalue weighted by molar-refractivity contribution is 5.87. The van der Waals surface area contributed by atoms with E-state index in [1.165, 1.54) is 7.11 Å². The number of carboxylic acid groups (broad SMARTS) is 1. The second kappa shape index (κ2) is 5.03. The molecule has 104 valence electrons. The van der Waals surface area contributed by atoms with E-state index >= 15 is 0 Å². The van der Waals surface area contributed by atoms with Crippen molar-refractivity contribution in [2.24, 2.45) is 5.92 Å². The molecule has 2 heterocycles. The fourth-order valence-electron chi connectivity index (χ4n) is 2.56. The maximum Gasteiger partial charge on any atom is 0.356 e. The Labute approximate surface area is 111 Å². The summed E-state index contributed by atoms with van der Waals surface area (Å²) in [6.45, 7) is 4.38. The summed E-state index contributed by atoms with van der Waals surface area (Å²) in [5.41, 5.74) is 0.836. The standard InChI is InChI=1S/C13H18N2O4/c1-7(2)11-14-10(12(16)17)9-5-4-8(6-15(9)11)13(18)19-3/h7-8H,4-6H2,1-3H3,(H,16,17). The van der Waals surface area contributed by atoms with Crippen molar-refractivity contribution in [3.8, 4) is 0 Å². The summed E-state index contributed by atoms with van der Waals surface area (Å²) in [7, 11) is 1.37. The SMILES string of the molecule is COC(=O)C1CCc2c(C(=O)O)nc(C(C)C)n2C1. The molecule has 1 atom stereocenters. The minimum absolute atomic E-state index is 0.114. The lowest BCUT2D eigenvalue weighted by Gasteiger charge is -2.24. The van der Waals surface area contributed by atoms with Crippen molar-refractivity contribution in [2.45, 2.75) is 39.2 Å². The fraction of sp³-hybridized carbons (Fsp3) is 0.615. The van der Waals surface area contributed by atoms with E-state index in [1.807, 2.05) is 18.4 Å². The van der Waals surface area contributed by atoms with Gasteiger partial charge in [-0.2, -0.15) is 0 Å². The van der Waals surface area contributed by atoms with Crippen LogP contribution in [0.1, 0.15) is 48.2 Å². The van der Waals surface area contributed by atoms with E-state index in [9.17, 15) is 14.7 Å². The van der Waals surface area contributed by atoms with Crippen LogP contribution < -0.4 is 0 Å². The number of aromatic carboxylic acids is 1. The van der Waals surface area contributed by atoms with Gasteiger partial charge in [0.1, 0.15) is 5.82 Å². The largest absolute Gasteiger partial charge is 0.476 e. The van der Waals surface area contributed by atoms with E-state index in [4.69, 9.17) is 4.74 Å². The normalized spacial score (nSPS) is 18.2. The Morgan fingerprint density at radius 1 is 1.47 bits per heavy atom. The second-order valence-corrected chi connectivity index (χ2v) is 5.09. The topological polar surface area (TPSA) is 81.4 Å². The number of hydrogen-bond acceptors (Lipinski definition) is 4. The molecule has 2 rings (SSSR count). The number of hydrogen-bond donors (Lipinski definition) is 1. The predicted molar refractivity (Wildman–Crippen MR) is 67.1 cm³/mol. The van der Waals surface area contributed by atoms with Gasteiger partial charge in [0, 0.05) is 12.5 Å². The van der Waals surface area contributed by atoms with Crippen molar-refractivity contribution < 1.29 is 19.4 Å². The second-order valence-electron chi connectivity index (χ2n) is 5.09. The maximum absolute atomic E-state index is 11.6. The first-order valence-electron chi connectivity index (χ1n) is 6.36. The summed E-state index contributed by atoms with van der Waals surface area (Å²) in [5, 5.41) is 9.19. The van der Waals surface area contributed by atoms with Crippen LogP contribution in [-0.2, 0) is 22.5 Å². The van der Waals surface area contributed by atoms with Gasteiger partial charge in [0.2, 0.25) is 0 Å². The zero-order chi connectivity index (χ0) is 14.2. The number of aromatic nitrogens is 2. The van der Waals surface area contributed by atoms with Gasteiger partial charge in [-0.25, -0.2) is 9.78 Å². The average Bonchev–Trinajstić information content (AvgIpc) is 2.76. The molecule has 1 aromatic rings. The third-order valence-electron chi connectivity index (χ3n) is 3.49. The van der Waals surface area contributed by atoms with Crippen LogP contribution in [0.25, 0.3) is 0 Å². The quantitative estimate of drug-likeness (QED) is 0.837. The number of ether oxygens (including phenoxy) is 1. The van der Waals surface area contributed by atoms with Gasteiger partial charge in [-0.1, -0.05) is 13.8 Å². The molecule has 1 unspecified atom stereocenters. The monoisotopic (exact) mass is 266 g/mol. The highest BCUT2D eigenvalue weighted by Gasteiger charge is 2.32. The molecule has 0 fully saturated rings. The van der Waals surface area contributed by atoms with Crippen molar-refractivity contribution in [3.05, 3.63) is 17.2 Å². The molecule has 1 aliphatic heterocycles. The Morgan fingerprint density at radius 3 is 2.68 bits per heavy atom.